The molecule has 3 aromatic carbocycles. The van der Waals surface area contributed by atoms with Crippen molar-refractivity contribution in [1.82, 2.24) is 14.5 Å². The van der Waals surface area contributed by atoms with Crippen LogP contribution in [0.2, 0.25) is 0 Å². The van der Waals surface area contributed by atoms with Gasteiger partial charge < -0.3 is 15.0 Å². The Morgan fingerprint density at radius 1 is 0.951 bits per heavy atom. The maximum absolute atomic E-state index is 12.7. The van der Waals surface area contributed by atoms with Crippen LogP contribution < -0.4 is 10.5 Å². The van der Waals surface area contributed by atoms with Gasteiger partial charge in [-0.1, -0.05) is 60.2 Å². The molecule has 0 radical (unpaired) electrons. The number of anilines is 1. The molecule has 2 N–H and O–H groups in total. The van der Waals surface area contributed by atoms with Crippen molar-refractivity contribution < 1.29 is 17.3 Å². The van der Waals surface area contributed by atoms with Crippen LogP contribution in [0.15, 0.2) is 90.1 Å². The molecule has 210 valence electrons. The third kappa shape index (κ3) is 5.42. The number of nitrogens with zero attached hydrogens (tertiary/aromatic N) is 3. The van der Waals surface area contributed by atoms with Crippen LogP contribution in [0.25, 0.3) is 22.2 Å². The molecule has 2 heterocycles. The summed E-state index contributed by atoms with van der Waals surface area (Å²) in [5, 5.41) is 0.812. The lowest BCUT2D eigenvalue weighted by Gasteiger charge is -2.37. The highest BCUT2D eigenvalue weighted by Gasteiger charge is 2.35. The number of nitrogens with two attached hydrogens (primary N) is 1. The SMILES string of the molecule is Cc1ccc(S(=O)(=O)OCC2CC(n3c(C)c(-c4cccc(OCc5ccccc5)c4)c4c(N)ncnc43)C2)cc1. The Balaban J connectivity index is 1.22. The molecule has 8 nitrogen and oxygen atoms in total. The van der Waals surface area contributed by atoms with Crippen LogP contribution in [0.4, 0.5) is 5.82 Å². The van der Waals surface area contributed by atoms with Crippen LogP contribution in [0, 0.1) is 19.8 Å². The van der Waals surface area contributed by atoms with E-state index in [9.17, 15) is 8.42 Å². The first-order valence-corrected chi connectivity index (χ1v) is 15.0. The van der Waals surface area contributed by atoms with E-state index >= 15 is 0 Å². The van der Waals surface area contributed by atoms with E-state index in [0.717, 1.165) is 57.6 Å². The van der Waals surface area contributed by atoms with Crippen LogP contribution in [0.1, 0.15) is 35.7 Å². The number of aromatic nitrogens is 3. The Labute approximate surface area is 239 Å². The van der Waals surface area contributed by atoms with Crippen molar-refractivity contribution in [3.63, 3.8) is 0 Å². The average Bonchev–Trinajstić information content (AvgIpc) is 3.25. The Bertz CT molecular complexity index is 1800. The normalized spacial score (nSPS) is 16.9. The number of hydrogen-bond acceptors (Lipinski definition) is 7. The smallest absolute Gasteiger partial charge is 0.296 e. The van der Waals surface area contributed by atoms with Crippen molar-refractivity contribution in [1.29, 1.82) is 0 Å². The highest BCUT2D eigenvalue weighted by molar-refractivity contribution is 7.86. The molecular formula is C32H32N4O4S. The summed E-state index contributed by atoms with van der Waals surface area (Å²) in [6.07, 6.45) is 3.04. The number of ether oxygens (including phenoxy) is 1. The van der Waals surface area contributed by atoms with E-state index in [4.69, 9.17) is 14.7 Å². The molecule has 1 aliphatic rings. The molecule has 0 aliphatic heterocycles. The second-order valence-electron chi connectivity index (χ2n) is 10.6. The summed E-state index contributed by atoms with van der Waals surface area (Å²) in [5.74, 6) is 1.30. The van der Waals surface area contributed by atoms with Crippen LogP contribution in [-0.4, -0.2) is 29.6 Å². The van der Waals surface area contributed by atoms with Gasteiger partial charge >= 0.3 is 0 Å². The fourth-order valence-corrected chi connectivity index (χ4v) is 6.54. The zero-order chi connectivity index (χ0) is 28.6. The Hall–Kier alpha value is -4.21. The molecule has 1 aliphatic carbocycles. The van der Waals surface area contributed by atoms with Gasteiger partial charge in [-0.05, 0) is 68.0 Å². The first kappa shape index (κ1) is 27.0. The monoisotopic (exact) mass is 568 g/mol. The van der Waals surface area contributed by atoms with E-state index in [1.807, 2.05) is 61.5 Å². The second-order valence-corrected chi connectivity index (χ2v) is 12.2. The summed E-state index contributed by atoms with van der Waals surface area (Å²) < 4.78 is 39.0. The number of benzene rings is 3. The Kier molecular flexibility index (Phi) is 7.23. The Morgan fingerprint density at radius 3 is 2.46 bits per heavy atom. The molecular weight excluding hydrogens is 536 g/mol. The fraction of sp³-hybridized carbons (Fsp3) is 0.250. The largest absolute Gasteiger partial charge is 0.489 e. The molecule has 1 fully saturated rings. The van der Waals surface area contributed by atoms with Gasteiger partial charge in [-0.3, -0.25) is 4.18 Å². The van der Waals surface area contributed by atoms with Crippen LogP contribution >= 0.6 is 0 Å². The lowest BCUT2D eigenvalue weighted by Crippen LogP contribution is -2.31. The predicted molar refractivity (Wildman–Crippen MR) is 159 cm³/mol. The van der Waals surface area contributed by atoms with Crippen molar-refractivity contribution in [2.75, 3.05) is 12.3 Å². The van der Waals surface area contributed by atoms with Gasteiger partial charge in [-0.2, -0.15) is 8.42 Å². The summed E-state index contributed by atoms with van der Waals surface area (Å²) in [5.41, 5.74) is 12.3. The zero-order valence-electron chi connectivity index (χ0n) is 23.0. The summed E-state index contributed by atoms with van der Waals surface area (Å²) in [7, 11) is -3.79. The molecule has 0 spiro atoms. The lowest BCUT2D eigenvalue weighted by molar-refractivity contribution is 0.129. The van der Waals surface area contributed by atoms with Crippen molar-refractivity contribution in [3.05, 3.63) is 102 Å². The number of aryl methyl sites for hydroxylation is 1. The first-order chi connectivity index (χ1) is 19.8. The van der Waals surface area contributed by atoms with Gasteiger partial charge in [0.2, 0.25) is 0 Å². The Morgan fingerprint density at radius 2 is 1.71 bits per heavy atom. The minimum atomic E-state index is -3.79. The third-order valence-corrected chi connectivity index (χ3v) is 9.07. The summed E-state index contributed by atoms with van der Waals surface area (Å²) in [6, 6.07) is 24.9. The topological polar surface area (TPSA) is 109 Å². The highest BCUT2D eigenvalue weighted by Crippen LogP contribution is 2.45. The molecule has 0 saturated heterocycles. The van der Waals surface area contributed by atoms with Crippen molar-refractivity contribution >= 4 is 27.0 Å². The number of fused-ring (bicyclic) bond motifs is 1. The predicted octanol–water partition coefficient (Wildman–Crippen LogP) is 6.23. The van der Waals surface area contributed by atoms with Crippen LogP contribution in [0.3, 0.4) is 0 Å². The molecule has 2 aromatic heterocycles. The molecule has 1 saturated carbocycles. The molecule has 9 heteroatoms. The van der Waals surface area contributed by atoms with Gasteiger partial charge in [0.05, 0.1) is 16.9 Å². The minimum absolute atomic E-state index is 0.120. The summed E-state index contributed by atoms with van der Waals surface area (Å²) in [4.78, 5) is 9.09. The van der Waals surface area contributed by atoms with E-state index < -0.39 is 10.1 Å². The van der Waals surface area contributed by atoms with E-state index in [0.29, 0.717) is 12.4 Å². The summed E-state index contributed by atoms with van der Waals surface area (Å²) in [6.45, 7) is 4.61. The highest BCUT2D eigenvalue weighted by atomic mass is 32.2. The number of hydrogen-bond donors (Lipinski definition) is 1. The molecule has 6 rings (SSSR count). The maximum atomic E-state index is 12.7. The van der Waals surface area contributed by atoms with Gasteiger partial charge in [0, 0.05) is 17.3 Å². The minimum Gasteiger partial charge on any atom is -0.489 e. The van der Waals surface area contributed by atoms with Crippen LogP contribution in [-0.2, 0) is 20.9 Å². The number of nitrogen functional groups attached to an aromatic ring is 1. The van der Waals surface area contributed by atoms with Crippen molar-refractivity contribution in [3.8, 4) is 16.9 Å². The fourth-order valence-electron chi connectivity index (χ4n) is 5.56. The van der Waals surface area contributed by atoms with E-state index in [-0.39, 0.29) is 23.5 Å². The van der Waals surface area contributed by atoms with E-state index in [1.54, 1.807) is 24.3 Å². The van der Waals surface area contributed by atoms with Gasteiger partial charge in [0.15, 0.2) is 0 Å². The average molecular weight is 569 g/mol. The molecule has 0 amide bonds. The molecule has 0 atom stereocenters. The number of rotatable bonds is 9. The summed E-state index contributed by atoms with van der Waals surface area (Å²) >= 11 is 0. The molecule has 0 unspecified atom stereocenters. The standard InChI is InChI=1S/C32H32N4O4S/c1-21-11-13-28(14-12-21)41(37,38)40-19-24-15-26(16-24)36-22(2)29(30-31(33)34-20-35-32(30)36)25-9-6-10-27(17-25)39-18-23-7-4-3-5-8-23/h3-14,17,20,24,26H,15-16,18-19H2,1-2H3,(H2,33,34,35). The third-order valence-electron chi connectivity index (χ3n) is 7.77. The van der Waals surface area contributed by atoms with Gasteiger partial charge in [-0.25, -0.2) is 9.97 Å². The lowest BCUT2D eigenvalue weighted by atomic mass is 9.80. The molecule has 5 aromatic rings. The first-order valence-electron chi connectivity index (χ1n) is 13.6. The van der Waals surface area contributed by atoms with Crippen molar-refractivity contribution in [2.45, 2.75) is 44.2 Å². The van der Waals surface area contributed by atoms with Gasteiger partial charge in [0.25, 0.3) is 10.1 Å². The quantitative estimate of drug-likeness (QED) is 0.210. The van der Waals surface area contributed by atoms with E-state index in [2.05, 4.69) is 21.5 Å². The van der Waals surface area contributed by atoms with Gasteiger partial charge in [0.1, 0.15) is 30.1 Å². The van der Waals surface area contributed by atoms with Crippen LogP contribution in [0.5, 0.6) is 5.75 Å². The van der Waals surface area contributed by atoms with E-state index in [1.165, 1.54) is 6.33 Å². The second kappa shape index (κ2) is 11.0. The van der Waals surface area contributed by atoms with Gasteiger partial charge in [-0.15, -0.1) is 0 Å². The maximum Gasteiger partial charge on any atom is 0.296 e. The van der Waals surface area contributed by atoms with Crippen molar-refractivity contribution in [2.24, 2.45) is 5.92 Å². The zero-order valence-corrected chi connectivity index (χ0v) is 23.8. The molecule has 41 heavy (non-hydrogen) atoms. The molecule has 0 bridgehead atoms.